The van der Waals surface area contributed by atoms with Gasteiger partial charge in [0, 0.05) is 12.0 Å². The molecule has 0 saturated heterocycles. The van der Waals surface area contributed by atoms with E-state index < -0.39 is 27.3 Å². The normalized spacial score (nSPS) is 16.6. The Morgan fingerprint density at radius 3 is 2.25 bits per heavy atom. The largest absolute Gasteiger partial charge is 0.459 e. The topological polar surface area (TPSA) is 80.8 Å². The van der Waals surface area contributed by atoms with Crippen LogP contribution in [0.5, 0.6) is 0 Å². The quantitative estimate of drug-likeness (QED) is 0.646. The first-order valence-corrected chi connectivity index (χ1v) is 11.4. The molecule has 1 unspecified atom stereocenters. The third-order valence-corrected chi connectivity index (χ3v) is 6.69. The van der Waals surface area contributed by atoms with Gasteiger partial charge in [0.05, 0.1) is 10.6 Å². The van der Waals surface area contributed by atoms with Gasteiger partial charge in [0.15, 0.2) is 9.84 Å². The molecule has 0 radical (unpaired) electrons. The summed E-state index contributed by atoms with van der Waals surface area (Å²) >= 11 is 0. The van der Waals surface area contributed by atoms with Crippen LogP contribution in [-0.4, -0.2) is 49.1 Å². The molecule has 28 heavy (non-hydrogen) atoms. The Morgan fingerprint density at radius 2 is 1.71 bits per heavy atom. The molecule has 156 valence electrons. The first-order chi connectivity index (χ1) is 13.0. The molecule has 1 aromatic carbocycles. The Kier molecular flexibility index (Phi) is 7.26. The van der Waals surface area contributed by atoms with Crippen molar-refractivity contribution >= 4 is 21.7 Å². The summed E-state index contributed by atoms with van der Waals surface area (Å²) in [5.41, 5.74) is -0.635. The molecule has 2 rings (SSSR count). The Balaban J connectivity index is 2.13. The lowest BCUT2D eigenvalue weighted by molar-refractivity contribution is -0.160. The zero-order valence-corrected chi connectivity index (χ0v) is 18.0. The lowest BCUT2D eigenvalue weighted by atomic mass is 10.1. The van der Waals surface area contributed by atoms with Crippen LogP contribution in [0.15, 0.2) is 35.2 Å². The Hall–Kier alpha value is -1.89. The van der Waals surface area contributed by atoms with Gasteiger partial charge < -0.3 is 9.64 Å². The maximum Gasteiger partial charge on any atom is 0.326 e. The zero-order chi connectivity index (χ0) is 20.9. The molecule has 1 fully saturated rings. The minimum Gasteiger partial charge on any atom is -0.459 e. The summed E-state index contributed by atoms with van der Waals surface area (Å²) in [5.74, 6) is -1.80. The van der Waals surface area contributed by atoms with Crippen molar-refractivity contribution in [3.05, 3.63) is 30.3 Å². The molecule has 0 spiro atoms. The van der Waals surface area contributed by atoms with Crippen molar-refractivity contribution < 1.29 is 22.7 Å². The van der Waals surface area contributed by atoms with Crippen molar-refractivity contribution in [1.29, 1.82) is 0 Å². The fourth-order valence-electron chi connectivity index (χ4n) is 3.52. The molecule has 7 heteroatoms. The summed E-state index contributed by atoms with van der Waals surface area (Å²) in [6, 6.07) is 8.08. The Morgan fingerprint density at radius 1 is 1.14 bits per heavy atom. The third-order valence-electron chi connectivity index (χ3n) is 4.76. The highest BCUT2D eigenvalue weighted by atomic mass is 32.2. The maximum atomic E-state index is 13.1. The summed E-state index contributed by atoms with van der Waals surface area (Å²) in [4.78, 5) is 27.2. The average molecular weight is 410 g/mol. The van der Waals surface area contributed by atoms with E-state index in [1.165, 1.54) is 17.0 Å². The summed E-state index contributed by atoms with van der Waals surface area (Å²) in [6.45, 7) is 6.81. The number of amides is 1. The second kappa shape index (κ2) is 9.07. The molecular formula is C21H31NO5S. The van der Waals surface area contributed by atoms with Crippen LogP contribution in [0.1, 0.15) is 53.4 Å². The molecule has 1 amide bonds. The summed E-state index contributed by atoms with van der Waals surface area (Å²) in [7, 11) is -3.58. The highest BCUT2D eigenvalue weighted by Crippen LogP contribution is 2.26. The van der Waals surface area contributed by atoms with Gasteiger partial charge in [-0.05, 0) is 45.7 Å². The minimum atomic E-state index is -3.58. The molecule has 1 saturated carbocycles. The fourth-order valence-corrected chi connectivity index (χ4v) is 5.09. The number of nitrogens with zero attached hydrogens (tertiary/aromatic N) is 1. The van der Waals surface area contributed by atoms with E-state index in [1.54, 1.807) is 45.9 Å². The van der Waals surface area contributed by atoms with Crippen molar-refractivity contribution in [3.63, 3.8) is 0 Å². The second-order valence-corrected chi connectivity index (χ2v) is 10.5. The monoisotopic (exact) mass is 409 g/mol. The highest BCUT2D eigenvalue weighted by molar-refractivity contribution is 7.91. The number of sulfone groups is 1. The van der Waals surface area contributed by atoms with E-state index in [1.807, 2.05) is 0 Å². The summed E-state index contributed by atoms with van der Waals surface area (Å²) in [5, 5.41) is 0. The van der Waals surface area contributed by atoms with E-state index in [0.29, 0.717) is 0 Å². The predicted octanol–water partition coefficient (Wildman–Crippen LogP) is 3.21. The number of benzene rings is 1. The van der Waals surface area contributed by atoms with Gasteiger partial charge >= 0.3 is 5.97 Å². The predicted molar refractivity (Wildman–Crippen MR) is 107 cm³/mol. The summed E-state index contributed by atoms with van der Waals surface area (Å²) < 4.78 is 30.7. The van der Waals surface area contributed by atoms with Gasteiger partial charge in [-0.25, -0.2) is 8.42 Å². The molecule has 0 aliphatic heterocycles. The molecule has 1 atom stereocenters. The van der Waals surface area contributed by atoms with Crippen LogP contribution in [0.2, 0.25) is 0 Å². The van der Waals surface area contributed by atoms with Crippen LogP contribution in [0.4, 0.5) is 0 Å². The van der Waals surface area contributed by atoms with Gasteiger partial charge in [-0.1, -0.05) is 38.0 Å². The van der Waals surface area contributed by atoms with E-state index >= 15 is 0 Å². The van der Waals surface area contributed by atoms with Gasteiger partial charge in [-0.2, -0.15) is 0 Å². The lowest BCUT2D eigenvalue weighted by Gasteiger charge is -2.31. The minimum absolute atomic E-state index is 0.0399. The third kappa shape index (κ3) is 6.33. The van der Waals surface area contributed by atoms with Crippen LogP contribution >= 0.6 is 0 Å². The molecule has 1 aromatic rings. The van der Waals surface area contributed by atoms with E-state index in [-0.39, 0.29) is 29.1 Å². The van der Waals surface area contributed by atoms with Crippen molar-refractivity contribution in [2.75, 3.05) is 12.3 Å². The molecule has 6 nitrogen and oxygen atoms in total. The number of esters is 1. The molecule has 1 aliphatic rings. The molecule has 0 heterocycles. The van der Waals surface area contributed by atoms with Crippen LogP contribution in [0.25, 0.3) is 0 Å². The van der Waals surface area contributed by atoms with E-state index in [9.17, 15) is 18.0 Å². The van der Waals surface area contributed by atoms with E-state index in [4.69, 9.17) is 4.74 Å². The zero-order valence-electron chi connectivity index (χ0n) is 17.2. The van der Waals surface area contributed by atoms with E-state index in [0.717, 1.165) is 25.7 Å². The first-order valence-electron chi connectivity index (χ1n) is 9.80. The SMILES string of the molecule is CC(CS(=O)(=O)c1ccccc1)C(=O)N(CC(=O)OC(C)(C)C)C1CCCC1. The van der Waals surface area contributed by atoms with Gasteiger partial charge in [0.25, 0.3) is 0 Å². The van der Waals surface area contributed by atoms with Crippen molar-refractivity contribution in [2.45, 2.75) is 69.9 Å². The molecule has 0 aromatic heterocycles. The Labute approximate surface area is 168 Å². The number of carbonyl (C=O) groups is 2. The first kappa shape index (κ1) is 22.4. The van der Waals surface area contributed by atoms with E-state index in [2.05, 4.69) is 0 Å². The van der Waals surface area contributed by atoms with Crippen LogP contribution in [0, 0.1) is 5.92 Å². The average Bonchev–Trinajstić information content (AvgIpc) is 3.12. The van der Waals surface area contributed by atoms with Crippen molar-refractivity contribution in [2.24, 2.45) is 5.92 Å². The number of hydrogen-bond donors (Lipinski definition) is 0. The van der Waals surface area contributed by atoms with Gasteiger partial charge in [-0.3, -0.25) is 9.59 Å². The van der Waals surface area contributed by atoms with Crippen molar-refractivity contribution in [3.8, 4) is 0 Å². The van der Waals surface area contributed by atoms with Crippen LogP contribution in [-0.2, 0) is 24.2 Å². The number of rotatable bonds is 7. The smallest absolute Gasteiger partial charge is 0.326 e. The number of ether oxygens (including phenoxy) is 1. The molecular weight excluding hydrogens is 378 g/mol. The van der Waals surface area contributed by atoms with Crippen molar-refractivity contribution in [1.82, 2.24) is 4.90 Å². The molecule has 0 N–H and O–H groups in total. The van der Waals surface area contributed by atoms with Gasteiger partial charge in [-0.15, -0.1) is 0 Å². The maximum absolute atomic E-state index is 13.1. The molecule has 1 aliphatic carbocycles. The number of carbonyl (C=O) groups excluding carboxylic acids is 2. The van der Waals surface area contributed by atoms with Gasteiger partial charge in [0.1, 0.15) is 12.1 Å². The standard InChI is InChI=1S/C21H31NO5S/c1-16(15-28(25,26)18-12-6-5-7-13-18)20(24)22(17-10-8-9-11-17)14-19(23)27-21(2,3)4/h5-7,12-13,16-17H,8-11,14-15H2,1-4H3. The van der Waals surface area contributed by atoms with Gasteiger partial charge in [0.2, 0.25) is 5.91 Å². The summed E-state index contributed by atoms with van der Waals surface area (Å²) in [6.07, 6.45) is 3.65. The number of hydrogen-bond acceptors (Lipinski definition) is 5. The Bertz CT molecular complexity index is 777. The fraction of sp³-hybridized carbons (Fsp3) is 0.619. The second-order valence-electron chi connectivity index (χ2n) is 8.49. The lowest BCUT2D eigenvalue weighted by Crippen LogP contribution is -2.47. The van der Waals surface area contributed by atoms with Crippen LogP contribution < -0.4 is 0 Å². The highest BCUT2D eigenvalue weighted by Gasteiger charge is 2.34. The van der Waals surface area contributed by atoms with Crippen LogP contribution in [0.3, 0.4) is 0 Å². The molecule has 0 bridgehead atoms.